The SMILES string of the molecule is NCC(=O)OCCOc1cccc(I)c1. The normalized spacial score (nSPS) is 9.73. The summed E-state index contributed by atoms with van der Waals surface area (Å²) in [6.45, 7) is 0.469. The molecule has 0 aliphatic carbocycles. The lowest BCUT2D eigenvalue weighted by atomic mass is 10.3. The van der Waals surface area contributed by atoms with Gasteiger partial charge in [-0.05, 0) is 40.8 Å². The lowest BCUT2D eigenvalue weighted by Crippen LogP contribution is -2.19. The van der Waals surface area contributed by atoms with Gasteiger partial charge < -0.3 is 15.2 Å². The minimum atomic E-state index is -0.416. The first-order valence-electron chi connectivity index (χ1n) is 4.46. The number of halogens is 1. The molecule has 5 heteroatoms. The zero-order valence-corrected chi connectivity index (χ0v) is 10.3. The lowest BCUT2D eigenvalue weighted by Gasteiger charge is -2.06. The molecule has 4 nitrogen and oxygen atoms in total. The average molecular weight is 321 g/mol. The molecule has 0 amide bonds. The number of benzene rings is 1. The summed E-state index contributed by atoms with van der Waals surface area (Å²) in [5.74, 6) is 0.354. The minimum Gasteiger partial charge on any atom is -0.490 e. The molecule has 1 aromatic rings. The van der Waals surface area contributed by atoms with Crippen LogP contribution in [-0.2, 0) is 9.53 Å². The van der Waals surface area contributed by atoms with Crippen LogP contribution in [0.15, 0.2) is 24.3 Å². The average Bonchev–Trinajstić information content (AvgIpc) is 2.24. The molecule has 2 N–H and O–H groups in total. The molecule has 0 heterocycles. The highest BCUT2D eigenvalue weighted by Gasteiger charge is 1.98. The Kier molecular flexibility index (Phi) is 5.41. The fourth-order valence-electron chi connectivity index (χ4n) is 0.931. The summed E-state index contributed by atoms with van der Waals surface area (Å²) in [6.07, 6.45) is 0. The quantitative estimate of drug-likeness (QED) is 0.502. The van der Waals surface area contributed by atoms with Crippen molar-refractivity contribution in [2.75, 3.05) is 19.8 Å². The van der Waals surface area contributed by atoms with Crippen molar-refractivity contribution in [1.82, 2.24) is 0 Å². The van der Waals surface area contributed by atoms with Crippen molar-refractivity contribution in [2.24, 2.45) is 5.73 Å². The zero-order chi connectivity index (χ0) is 11.1. The van der Waals surface area contributed by atoms with Crippen molar-refractivity contribution in [1.29, 1.82) is 0 Å². The molecule has 0 atom stereocenters. The van der Waals surface area contributed by atoms with Crippen LogP contribution in [0.3, 0.4) is 0 Å². The molecule has 1 aromatic carbocycles. The van der Waals surface area contributed by atoms with Crippen molar-refractivity contribution < 1.29 is 14.3 Å². The van der Waals surface area contributed by atoms with Crippen LogP contribution in [0.5, 0.6) is 5.75 Å². The summed E-state index contributed by atoms with van der Waals surface area (Å²) >= 11 is 2.20. The van der Waals surface area contributed by atoms with Crippen LogP contribution in [-0.4, -0.2) is 25.7 Å². The van der Waals surface area contributed by atoms with Gasteiger partial charge >= 0.3 is 5.97 Å². The molecule has 0 radical (unpaired) electrons. The third kappa shape index (κ3) is 4.98. The van der Waals surface area contributed by atoms with E-state index in [-0.39, 0.29) is 13.2 Å². The van der Waals surface area contributed by atoms with Gasteiger partial charge in [-0.3, -0.25) is 4.79 Å². The Bertz CT molecular complexity index is 330. The van der Waals surface area contributed by atoms with E-state index in [0.717, 1.165) is 9.32 Å². The number of ether oxygens (including phenoxy) is 2. The second-order valence-corrected chi connectivity index (χ2v) is 3.98. The van der Waals surface area contributed by atoms with Gasteiger partial charge in [0.1, 0.15) is 19.0 Å². The van der Waals surface area contributed by atoms with Crippen molar-refractivity contribution in [2.45, 2.75) is 0 Å². The molecule has 0 bridgehead atoms. The van der Waals surface area contributed by atoms with Gasteiger partial charge in [0.05, 0.1) is 6.54 Å². The monoisotopic (exact) mass is 321 g/mol. The highest BCUT2D eigenvalue weighted by molar-refractivity contribution is 14.1. The smallest absolute Gasteiger partial charge is 0.319 e. The van der Waals surface area contributed by atoms with E-state index in [1.165, 1.54) is 0 Å². The van der Waals surface area contributed by atoms with Gasteiger partial charge in [-0.15, -0.1) is 0 Å². The van der Waals surface area contributed by atoms with Crippen molar-refractivity contribution in [3.63, 3.8) is 0 Å². The number of hydrogen-bond acceptors (Lipinski definition) is 4. The number of carbonyl (C=O) groups excluding carboxylic acids is 1. The number of rotatable bonds is 5. The van der Waals surface area contributed by atoms with Gasteiger partial charge in [-0.1, -0.05) is 6.07 Å². The van der Waals surface area contributed by atoms with E-state index in [0.29, 0.717) is 6.61 Å². The predicted molar refractivity (Wildman–Crippen MR) is 64.7 cm³/mol. The summed E-state index contributed by atoms with van der Waals surface area (Å²) in [7, 11) is 0. The first-order chi connectivity index (χ1) is 7.22. The van der Waals surface area contributed by atoms with E-state index in [4.69, 9.17) is 15.2 Å². The number of nitrogens with two attached hydrogens (primary N) is 1. The first-order valence-corrected chi connectivity index (χ1v) is 5.54. The second kappa shape index (κ2) is 6.62. The molecule has 82 valence electrons. The van der Waals surface area contributed by atoms with E-state index in [9.17, 15) is 4.79 Å². The van der Waals surface area contributed by atoms with E-state index >= 15 is 0 Å². The largest absolute Gasteiger partial charge is 0.490 e. The van der Waals surface area contributed by atoms with Gasteiger partial charge in [-0.2, -0.15) is 0 Å². The van der Waals surface area contributed by atoms with Crippen LogP contribution in [0.4, 0.5) is 0 Å². The van der Waals surface area contributed by atoms with E-state index in [2.05, 4.69) is 22.6 Å². The minimum absolute atomic E-state index is 0.0940. The van der Waals surface area contributed by atoms with Crippen molar-refractivity contribution >= 4 is 28.6 Å². The van der Waals surface area contributed by atoms with Gasteiger partial charge in [0, 0.05) is 3.57 Å². The van der Waals surface area contributed by atoms with Crippen molar-refractivity contribution in [3.8, 4) is 5.75 Å². The third-order valence-corrected chi connectivity index (χ3v) is 2.25. The van der Waals surface area contributed by atoms with Crippen LogP contribution in [0.1, 0.15) is 0 Å². The fraction of sp³-hybridized carbons (Fsp3) is 0.300. The third-order valence-electron chi connectivity index (χ3n) is 1.58. The molecule has 0 saturated heterocycles. The summed E-state index contributed by atoms with van der Waals surface area (Å²) in [5.41, 5.74) is 5.07. The lowest BCUT2D eigenvalue weighted by molar-refractivity contribution is -0.142. The van der Waals surface area contributed by atoms with Gasteiger partial charge in [0.2, 0.25) is 0 Å². The van der Waals surface area contributed by atoms with E-state index < -0.39 is 5.97 Å². The molecule has 15 heavy (non-hydrogen) atoms. The summed E-state index contributed by atoms with van der Waals surface area (Å²) in [4.78, 5) is 10.7. The highest BCUT2D eigenvalue weighted by atomic mass is 127. The maximum atomic E-state index is 10.7. The Hall–Kier alpha value is -0.820. The second-order valence-electron chi connectivity index (χ2n) is 2.73. The number of esters is 1. The molecule has 0 spiro atoms. The molecule has 0 aliphatic heterocycles. The molecular weight excluding hydrogens is 309 g/mol. The maximum Gasteiger partial charge on any atom is 0.319 e. The highest BCUT2D eigenvalue weighted by Crippen LogP contribution is 2.14. The van der Waals surface area contributed by atoms with Crippen LogP contribution >= 0.6 is 22.6 Å². The molecule has 0 unspecified atom stereocenters. The Labute approximate surface area is 102 Å². The number of carbonyl (C=O) groups is 1. The summed E-state index contributed by atoms with van der Waals surface area (Å²) in [6, 6.07) is 7.64. The van der Waals surface area contributed by atoms with Gasteiger partial charge in [0.25, 0.3) is 0 Å². The molecule has 0 aliphatic rings. The van der Waals surface area contributed by atoms with E-state index in [1.807, 2.05) is 24.3 Å². The molecule has 0 saturated carbocycles. The van der Waals surface area contributed by atoms with Crippen LogP contribution in [0, 0.1) is 3.57 Å². The predicted octanol–water partition coefficient (Wildman–Crippen LogP) is 1.17. The Morgan fingerprint density at radius 2 is 2.20 bits per heavy atom. The van der Waals surface area contributed by atoms with Gasteiger partial charge in [0.15, 0.2) is 0 Å². The molecule has 0 aromatic heterocycles. The molecule has 0 fully saturated rings. The van der Waals surface area contributed by atoms with E-state index in [1.54, 1.807) is 0 Å². The first kappa shape index (κ1) is 12.3. The number of hydrogen-bond donors (Lipinski definition) is 1. The topological polar surface area (TPSA) is 61.6 Å². The van der Waals surface area contributed by atoms with Gasteiger partial charge in [-0.25, -0.2) is 0 Å². The maximum absolute atomic E-state index is 10.7. The summed E-state index contributed by atoms with van der Waals surface area (Å²) < 4.78 is 11.2. The Morgan fingerprint density at radius 3 is 2.87 bits per heavy atom. The Balaban J connectivity index is 2.23. The summed E-state index contributed by atoms with van der Waals surface area (Å²) in [5, 5.41) is 0. The van der Waals surface area contributed by atoms with Crippen LogP contribution in [0.25, 0.3) is 0 Å². The zero-order valence-electron chi connectivity index (χ0n) is 8.11. The Morgan fingerprint density at radius 1 is 1.40 bits per heavy atom. The molecular formula is C10H12INO3. The van der Waals surface area contributed by atoms with Crippen LogP contribution < -0.4 is 10.5 Å². The van der Waals surface area contributed by atoms with Crippen LogP contribution in [0.2, 0.25) is 0 Å². The fourth-order valence-corrected chi connectivity index (χ4v) is 1.45. The van der Waals surface area contributed by atoms with Crippen molar-refractivity contribution in [3.05, 3.63) is 27.8 Å². The standard InChI is InChI=1S/C10H12INO3/c11-8-2-1-3-9(6-8)14-4-5-15-10(13)7-12/h1-3,6H,4-5,7,12H2. The molecule has 1 rings (SSSR count).